The van der Waals surface area contributed by atoms with Crippen molar-refractivity contribution in [2.45, 2.75) is 18.8 Å². The van der Waals surface area contributed by atoms with Crippen molar-refractivity contribution in [1.82, 2.24) is 4.90 Å². The first-order valence-corrected chi connectivity index (χ1v) is 11.1. The molecule has 1 saturated heterocycles. The molecule has 0 spiro atoms. The van der Waals surface area contributed by atoms with E-state index in [4.69, 9.17) is 4.74 Å². The highest BCUT2D eigenvalue weighted by Gasteiger charge is 2.55. The van der Waals surface area contributed by atoms with Gasteiger partial charge in [0.2, 0.25) is 11.8 Å². The second-order valence-electron chi connectivity index (χ2n) is 8.56. The lowest BCUT2D eigenvalue weighted by atomic mass is 9.59. The first-order chi connectivity index (χ1) is 15.2. The molecule has 4 aliphatic rings. The summed E-state index contributed by atoms with van der Waals surface area (Å²) in [6, 6.07) is 4.89. The number of hydrogen-bond acceptors (Lipinski definition) is 6. The molecular formula is C24H20BrNO6. The predicted molar refractivity (Wildman–Crippen MR) is 117 cm³/mol. The Morgan fingerprint density at radius 1 is 1.12 bits per heavy atom. The normalized spacial score (nSPS) is 29.4. The highest BCUT2D eigenvalue weighted by molar-refractivity contribution is 9.12. The topological polar surface area (TPSA) is 101 Å². The summed E-state index contributed by atoms with van der Waals surface area (Å²) in [6.07, 6.45) is 3.84. The third-order valence-electron chi connectivity index (χ3n) is 7.09. The maximum absolute atomic E-state index is 13.1. The Bertz CT molecular complexity index is 1210. The fourth-order valence-electron chi connectivity index (χ4n) is 5.63. The molecule has 1 aromatic rings. The Kier molecular flexibility index (Phi) is 4.74. The number of nitrogens with zero attached hydrogens (tertiary/aromatic N) is 1. The zero-order chi connectivity index (χ0) is 22.9. The molecule has 0 unspecified atom stereocenters. The summed E-state index contributed by atoms with van der Waals surface area (Å²) in [7, 11) is 2.93. The zero-order valence-electron chi connectivity index (χ0n) is 17.4. The minimum atomic E-state index is -0.594. The van der Waals surface area contributed by atoms with Gasteiger partial charge in [0.15, 0.2) is 23.1 Å². The van der Waals surface area contributed by atoms with Crippen LogP contribution in [0.2, 0.25) is 0 Å². The average molecular weight is 498 g/mol. The summed E-state index contributed by atoms with van der Waals surface area (Å²) in [6.45, 7) is 0. The van der Waals surface area contributed by atoms with Gasteiger partial charge in [0, 0.05) is 30.2 Å². The van der Waals surface area contributed by atoms with E-state index in [0.29, 0.717) is 28.9 Å². The molecule has 0 aromatic heterocycles. The van der Waals surface area contributed by atoms with Gasteiger partial charge in [-0.1, -0.05) is 17.7 Å². The molecule has 0 bridgehead atoms. The summed E-state index contributed by atoms with van der Waals surface area (Å²) in [5, 5.41) is 10.4. The van der Waals surface area contributed by atoms with Crippen LogP contribution in [0.3, 0.4) is 0 Å². The number of ketones is 2. The van der Waals surface area contributed by atoms with E-state index in [2.05, 4.69) is 15.9 Å². The number of Topliss-reactive ketones (excluding diaryl/α,β-unsaturated/α-hetero) is 1. The number of rotatable bonds is 2. The van der Waals surface area contributed by atoms with Gasteiger partial charge in [-0.05, 0) is 52.4 Å². The fraction of sp³-hybridized carbons (Fsp3) is 0.333. The van der Waals surface area contributed by atoms with Gasteiger partial charge in [0.05, 0.1) is 23.4 Å². The predicted octanol–water partition coefficient (Wildman–Crippen LogP) is 2.79. The number of phenolic OH excluding ortho intramolecular Hbond substituents is 1. The standard InChI is InChI=1S/C24H20BrNO6/c1-26-23(30)12-5-4-11-13(20(12)24(26)31)8-14-21(17(28)9-15(25)22(14)29)19(11)10-3-6-18(32-2)16(27)7-10/h3-4,6-7,9,12-13,19-20,27H,5,8H2,1-2H3/t12-,13+,19-,20-/m0/s1. The van der Waals surface area contributed by atoms with E-state index in [1.54, 1.807) is 12.1 Å². The van der Waals surface area contributed by atoms with E-state index in [9.17, 15) is 24.3 Å². The first-order valence-electron chi connectivity index (χ1n) is 10.3. The number of fused-ring (bicyclic) bond motifs is 3. The SMILES string of the molecule is COc1ccc([C@H]2C3=CC[C@@H]4C(=O)N(C)C(=O)[C@@H]4[C@@H]3CC3=C2C(=O)C=C(Br)C3=O)cc1O. The molecule has 0 radical (unpaired) electrons. The van der Waals surface area contributed by atoms with Gasteiger partial charge in [-0.2, -0.15) is 0 Å². The zero-order valence-corrected chi connectivity index (χ0v) is 19.0. The van der Waals surface area contributed by atoms with Gasteiger partial charge in [0.25, 0.3) is 0 Å². The van der Waals surface area contributed by atoms with Crippen molar-refractivity contribution in [2.75, 3.05) is 14.2 Å². The van der Waals surface area contributed by atoms with Crippen molar-refractivity contribution < 1.29 is 29.0 Å². The highest BCUT2D eigenvalue weighted by Crippen LogP contribution is 2.55. The van der Waals surface area contributed by atoms with Crippen LogP contribution in [0, 0.1) is 17.8 Å². The Morgan fingerprint density at radius 2 is 1.88 bits per heavy atom. The Morgan fingerprint density at radius 3 is 2.56 bits per heavy atom. The van der Waals surface area contributed by atoms with Crippen molar-refractivity contribution in [2.24, 2.45) is 17.8 Å². The first kappa shape index (κ1) is 20.9. The summed E-state index contributed by atoms with van der Waals surface area (Å²) >= 11 is 3.19. The number of ether oxygens (including phenoxy) is 1. The number of hydrogen-bond donors (Lipinski definition) is 1. The Labute approximate surface area is 192 Å². The highest BCUT2D eigenvalue weighted by atomic mass is 79.9. The van der Waals surface area contributed by atoms with Gasteiger partial charge in [0.1, 0.15) is 0 Å². The lowest BCUT2D eigenvalue weighted by Gasteiger charge is -2.42. The number of allylic oxidation sites excluding steroid dienone is 6. The van der Waals surface area contributed by atoms with Crippen molar-refractivity contribution in [3.05, 3.63) is 57.1 Å². The molecule has 1 fully saturated rings. The van der Waals surface area contributed by atoms with Crippen molar-refractivity contribution in [3.63, 3.8) is 0 Å². The van der Waals surface area contributed by atoms with Crippen LogP contribution in [-0.4, -0.2) is 47.5 Å². The molecule has 164 valence electrons. The number of halogens is 1. The number of imide groups is 1. The molecule has 8 heteroatoms. The van der Waals surface area contributed by atoms with E-state index in [1.807, 2.05) is 6.08 Å². The van der Waals surface area contributed by atoms with Crippen LogP contribution in [0.25, 0.3) is 0 Å². The van der Waals surface area contributed by atoms with Crippen molar-refractivity contribution in [3.8, 4) is 11.5 Å². The molecule has 1 N–H and O–H groups in total. The van der Waals surface area contributed by atoms with Crippen LogP contribution in [0.5, 0.6) is 11.5 Å². The lowest BCUT2D eigenvalue weighted by Crippen LogP contribution is -2.39. The number of likely N-dealkylation sites (tertiary alicyclic amines) is 1. The fourth-order valence-corrected chi connectivity index (χ4v) is 6.08. The quantitative estimate of drug-likeness (QED) is 0.383. The summed E-state index contributed by atoms with van der Waals surface area (Å²) in [5.74, 6) is -2.80. The average Bonchev–Trinajstić information content (AvgIpc) is 3.00. The van der Waals surface area contributed by atoms with Crippen LogP contribution >= 0.6 is 15.9 Å². The summed E-state index contributed by atoms with van der Waals surface area (Å²) < 4.78 is 5.33. The van der Waals surface area contributed by atoms with E-state index < -0.39 is 17.8 Å². The van der Waals surface area contributed by atoms with Gasteiger partial charge < -0.3 is 9.84 Å². The molecule has 0 saturated carbocycles. The number of benzene rings is 1. The van der Waals surface area contributed by atoms with Gasteiger partial charge in [-0.25, -0.2) is 0 Å². The summed E-state index contributed by atoms with van der Waals surface area (Å²) in [5.41, 5.74) is 2.21. The maximum atomic E-state index is 13.1. The monoisotopic (exact) mass is 497 g/mol. The maximum Gasteiger partial charge on any atom is 0.233 e. The van der Waals surface area contributed by atoms with E-state index in [1.165, 1.54) is 31.2 Å². The van der Waals surface area contributed by atoms with Crippen LogP contribution in [0.1, 0.15) is 24.3 Å². The van der Waals surface area contributed by atoms with Gasteiger partial charge in [-0.3, -0.25) is 24.1 Å². The van der Waals surface area contributed by atoms with Crippen LogP contribution in [0.15, 0.2) is 51.6 Å². The third-order valence-corrected chi connectivity index (χ3v) is 7.68. The minimum Gasteiger partial charge on any atom is -0.504 e. The number of phenols is 1. The molecule has 3 aliphatic carbocycles. The molecule has 1 aromatic carbocycles. The number of methoxy groups -OCH3 is 1. The van der Waals surface area contributed by atoms with Crippen LogP contribution < -0.4 is 4.74 Å². The molecule has 4 atom stereocenters. The lowest BCUT2D eigenvalue weighted by molar-refractivity contribution is -0.138. The van der Waals surface area contributed by atoms with Crippen molar-refractivity contribution >= 4 is 39.3 Å². The van der Waals surface area contributed by atoms with Crippen molar-refractivity contribution in [1.29, 1.82) is 0 Å². The molecule has 32 heavy (non-hydrogen) atoms. The molecule has 2 amide bonds. The molecule has 7 nitrogen and oxygen atoms in total. The second-order valence-corrected chi connectivity index (χ2v) is 9.41. The van der Waals surface area contributed by atoms with Gasteiger partial charge >= 0.3 is 0 Å². The minimum absolute atomic E-state index is 0.0817. The van der Waals surface area contributed by atoms with E-state index in [0.717, 1.165) is 5.57 Å². The van der Waals surface area contributed by atoms with E-state index in [-0.39, 0.29) is 46.0 Å². The van der Waals surface area contributed by atoms with Crippen LogP contribution in [0.4, 0.5) is 0 Å². The van der Waals surface area contributed by atoms with E-state index >= 15 is 0 Å². The molecule has 1 aliphatic heterocycles. The molecular weight excluding hydrogens is 478 g/mol. The smallest absolute Gasteiger partial charge is 0.233 e. The summed E-state index contributed by atoms with van der Waals surface area (Å²) in [4.78, 5) is 52.9. The largest absolute Gasteiger partial charge is 0.504 e. The molecule has 5 rings (SSSR count). The Balaban J connectivity index is 1.71. The number of carbonyl (C=O) groups excluding carboxylic acids is 4. The second kappa shape index (κ2) is 7.27. The van der Waals surface area contributed by atoms with Crippen LogP contribution in [-0.2, 0) is 19.2 Å². The number of carbonyl (C=O) groups is 4. The number of amides is 2. The third kappa shape index (κ3) is 2.78. The molecule has 1 heterocycles. The van der Waals surface area contributed by atoms with Gasteiger partial charge in [-0.15, -0.1) is 0 Å². The Hall–Kier alpha value is -3.00. The number of aromatic hydroxyl groups is 1.